The van der Waals surface area contributed by atoms with Gasteiger partial charge in [0.2, 0.25) is 0 Å². The van der Waals surface area contributed by atoms with Crippen molar-refractivity contribution in [1.29, 1.82) is 0 Å². The summed E-state index contributed by atoms with van der Waals surface area (Å²) in [5.41, 5.74) is 6.86. The minimum atomic E-state index is -0.0399. The van der Waals surface area contributed by atoms with Gasteiger partial charge in [0, 0.05) is 24.5 Å². The van der Waals surface area contributed by atoms with E-state index >= 15 is 0 Å². The molecule has 1 heterocycles. The largest absolute Gasteiger partial charge is 0.370 e. The van der Waals surface area contributed by atoms with Crippen LogP contribution in [-0.4, -0.2) is 16.1 Å². The molecule has 0 aromatic carbocycles. The molecule has 0 aliphatic heterocycles. The molecule has 0 aliphatic carbocycles. The van der Waals surface area contributed by atoms with Crippen molar-refractivity contribution in [2.75, 3.05) is 0 Å². The Kier molecular flexibility index (Phi) is 3.39. The lowest BCUT2D eigenvalue weighted by molar-refractivity contribution is 0.508. The molecule has 3 N–H and O–H groups in total. The Balaban J connectivity index is 2.55. The molecule has 0 radical (unpaired) electrons. The second kappa shape index (κ2) is 4.38. The van der Waals surface area contributed by atoms with Crippen molar-refractivity contribution in [2.45, 2.75) is 32.9 Å². The Morgan fingerprint density at radius 1 is 1.53 bits per heavy atom. The third-order valence-corrected chi connectivity index (χ3v) is 1.97. The van der Waals surface area contributed by atoms with E-state index in [1.54, 1.807) is 0 Å². The van der Waals surface area contributed by atoms with Crippen LogP contribution in [0.3, 0.4) is 0 Å². The average Bonchev–Trinajstić information content (AvgIpc) is 2.44. The maximum atomic E-state index is 5.76. The summed E-state index contributed by atoms with van der Waals surface area (Å²) in [6, 6.07) is 4.03. The fraction of sp³-hybridized carbons (Fsp3) is 0.545. The van der Waals surface area contributed by atoms with Crippen molar-refractivity contribution >= 4 is 5.96 Å². The van der Waals surface area contributed by atoms with E-state index in [4.69, 9.17) is 5.73 Å². The number of nitrogens with zero attached hydrogens (tertiary/aromatic N) is 2. The summed E-state index contributed by atoms with van der Waals surface area (Å²) in [6.07, 6.45) is 2.00. The summed E-state index contributed by atoms with van der Waals surface area (Å²) in [5, 5.41) is 3.12. The topological polar surface area (TPSA) is 55.3 Å². The molecule has 0 unspecified atom stereocenters. The van der Waals surface area contributed by atoms with Crippen LogP contribution in [0.25, 0.3) is 0 Å². The maximum absolute atomic E-state index is 5.76. The molecule has 0 amide bonds. The lowest BCUT2D eigenvalue weighted by atomic mass is 10.1. The highest BCUT2D eigenvalue weighted by Crippen LogP contribution is 2.02. The molecule has 1 aromatic rings. The third-order valence-electron chi connectivity index (χ3n) is 1.97. The Morgan fingerprint density at radius 3 is 2.67 bits per heavy atom. The molecule has 1 aromatic heterocycles. The fourth-order valence-corrected chi connectivity index (χ4v) is 1.25. The van der Waals surface area contributed by atoms with Gasteiger partial charge in [-0.05, 0) is 32.9 Å². The van der Waals surface area contributed by atoms with E-state index in [-0.39, 0.29) is 5.54 Å². The van der Waals surface area contributed by atoms with Crippen molar-refractivity contribution < 1.29 is 0 Å². The lowest BCUT2D eigenvalue weighted by Gasteiger charge is -2.20. The van der Waals surface area contributed by atoms with E-state index in [0.717, 1.165) is 5.69 Å². The molecule has 0 atom stereocenters. The smallest absolute Gasteiger partial charge is 0.189 e. The van der Waals surface area contributed by atoms with Crippen LogP contribution in [0.5, 0.6) is 0 Å². The van der Waals surface area contributed by atoms with Crippen LogP contribution in [0.15, 0.2) is 23.3 Å². The SMILES string of the molecule is Cn1cccc1CN=C(N)NC(C)(C)C. The van der Waals surface area contributed by atoms with Gasteiger partial charge in [-0.15, -0.1) is 0 Å². The van der Waals surface area contributed by atoms with E-state index in [2.05, 4.69) is 31.1 Å². The van der Waals surface area contributed by atoms with E-state index in [9.17, 15) is 0 Å². The van der Waals surface area contributed by atoms with Crippen molar-refractivity contribution in [3.63, 3.8) is 0 Å². The first kappa shape index (κ1) is 11.6. The molecular weight excluding hydrogens is 188 g/mol. The van der Waals surface area contributed by atoms with Crippen LogP contribution >= 0.6 is 0 Å². The first-order chi connectivity index (χ1) is 6.88. The van der Waals surface area contributed by atoms with Gasteiger partial charge in [-0.1, -0.05) is 0 Å². The summed E-state index contributed by atoms with van der Waals surface area (Å²) in [6.45, 7) is 6.77. The minimum absolute atomic E-state index is 0.0399. The van der Waals surface area contributed by atoms with E-state index in [1.165, 1.54) is 0 Å². The Labute approximate surface area is 91.2 Å². The van der Waals surface area contributed by atoms with Crippen LogP contribution in [0.4, 0.5) is 0 Å². The van der Waals surface area contributed by atoms with Gasteiger partial charge in [-0.3, -0.25) is 0 Å². The highest BCUT2D eigenvalue weighted by molar-refractivity contribution is 5.78. The van der Waals surface area contributed by atoms with E-state index in [1.807, 2.05) is 29.9 Å². The maximum Gasteiger partial charge on any atom is 0.189 e. The van der Waals surface area contributed by atoms with Crippen LogP contribution in [0.2, 0.25) is 0 Å². The zero-order chi connectivity index (χ0) is 11.5. The highest BCUT2D eigenvalue weighted by Gasteiger charge is 2.09. The standard InChI is InChI=1S/C11H20N4/c1-11(2,3)14-10(12)13-8-9-6-5-7-15(9)4/h5-7H,8H2,1-4H3,(H3,12,13,14). The Bertz CT molecular complexity index is 344. The van der Waals surface area contributed by atoms with Crippen LogP contribution in [0, 0.1) is 0 Å². The summed E-state index contributed by atoms with van der Waals surface area (Å²) in [5.74, 6) is 0.490. The molecule has 1 rings (SSSR count). The molecule has 4 heteroatoms. The van der Waals surface area contributed by atoms with Crippen LogP contribution in [-0.2, 0) is 13.6 Å². The number of aryl methyl sites for hydroxylation is 1. The molecule has 84 valence electrons. The second-order valence-corrected chi connectivity index (χ2v) is 4.69. The van der Waals surface area contributed by atoms with Gasteiger partial charge in [-0.25, -0.2) is 4.99 Å². The van der Waals surface area contributed by atoms with E-state index in [0.29, 0.717) is 12.5 Å². The molecule has 0 saturated heterocycles. The zero-order valence-corrected chi connectivity index (χ0v) is 9.91. The summed E-state index contributed by atoms with van der Waals surface area (Å²) < 4.78 is 2.04. The zero-order valence-electron chi connectivity index (χ0n) is 9.91. The second-order valence-electron chi connectivity index (χ2n) is 4.69. The summed E-state index contributed by atoms with van der Waals surface area (Å²) in [7, 11) is 2.00. The number of nitrogens with one attached hydrogen (secondary N) is 1. The number of rotatable bonds is 2. The molecule has 0 saturated carbocycles. The number of guanidine groups is 1. The Morgan fingerprint density at radius 2 is 2.20 bits per heavy atom. The van der Waals surface area contributed by atoms with Crippen molar-refractivity contribution in [3.8, 4) is 0 Å². The number of hydrogen-bond donors (Lipinski definition) is 2. The third kappa shape index (κ3) is 4.06. The Hall–Kier alpha value is -1.45. The molecule has 0 aliphatic rings. The first-order valence-electron chi connectivity index (χ1n) is 5.07. The van der Waals surface area contributed by atoms with Gasteiger partial charge in [0.05, 0.1) is 6.54 Å². The van der Waals surface area contributed by atoms with Gasteiger partial charge >= 0.3 is 0 Å². The van der Waals surface area contributed by atoms with E-state index < -0.39 is 0 Å². The molecular formula is C11H20N4. The number of nitrogens with two attached hydrogens (primary N) is 1. The fourth-order valence-electron chi connectivity index (χ4n) is 1.25. The van der Waals surface area contributed by atoms with Gasteiger partial charge < -0.3 is 15.6 Å². The van der Waals surface area contributed by atoms with Crippen molar-refractivity contribution in [1.82, 2.24) is 9.88 Å². The quantitative estimate of drug-likeness (QED) is 0.567. The number of hydrogen-bond acceptors (Lipinski definition) is 1. The first-order valence-corrected chi connectivity index (χ1v) is 5.07. The number of aliphatic imine (C=N–C) groups is 1. The average molecular weight is 208 g/mol. The van der Waals surface area contributed by atoms with Gasteiger partial charge in [0.1, 0.15) is 0 Å². The highest BCUT2D eigenvalue weighted by atomic mass is 15.1. The summed E-state index contributed by atoms with van der Waals surface area (Å²) in [4.78, 5) is 4.28. The van der Waals surface area contributed by atoms with Crippen molar-refractivity contribution in [3.05, 3.63) is 24.0 Å². The molecule has 0 fully saturated rings. The normalized spacial score (nSPS) is 12.9. The van der Waals surface area contributed by atoms with Gasteiger partial charge in [0.15, 0.2) is 5.96 Å². The predicted octanol–water partition coefficient (Wildman–Crippen LogP) is 1.23. The molecule has 4 nitrogen and oxygen atoms in total. The lowest BCUT2D eigenvalue weighted by Crippen LogP contribution is -2.45. The molecule has 0 bridgehead atoms. The van der Waals surface area contributed by atoms with Gasteiger partial charge in [-0.2, -0.15) is 0 Å². The molecule has 0 spiro atoms. The van der Waals surface area contributed by atoms with Gasteiger partial charge in [0.25, 0.3) is 0 Å². The minimum Gasteiger partial charge on any atom is -0.370 e. The van der Waals surface area contributed by atoms with Crippen LogP contribution in [0.1, 0.15) is 26.5 Å². The number of aromatic nitrogens is 1. The predicted molar refractivity (Wildman–Crippen MR) is 63.6 cm³/mol. The van der Waals surface area contributed by atoms with Crippen molar-refractivity contribution in [2.24, 2.45) is 17.8 Å². The van der Waals surface area contributed by atoms with Crippen LogP contribution < -0.4 is 11.1 Å². The summed E-state index contributed by atoms with van der Waals surface area (Å²) >= 11 is 0. The molecule has 15 heavy (non-hydrogen) atoms. The monoisotopic (exact) mass is 208 g/mol.